The van der Waals surface area contributed by atoms with E-state index in [1.165, 1.54) is 5.01 Å². The molecule has 1 aliphatic heterocycles. The van der Waals surface area contributed by atoms with E-state index in [-0.39, 0.29) is 5.91 Å². The van der Waals surface area contributed by atoms with E-state index >= 15 is 0 Å². The fourth-order valence-corrected chi connectivity index (χ4v) is 3.93. The van der Waals surface area contributed by atoms with Gasteiger partial charge in [0.05, 0.1) is 12.1 Å². The second-order valence-electron chi connectivity index (χ2n) is 5.84. The number of thiazole rings is 1. The van der Waals surface area contributed by atoms with Crippen molar-refractivity contribution in [2.24, 2.45) is 0 Å². The molecule has 23 heavy (non-hydrogen) atoms. The number of carbonyl (C=O) groups is 1. The number of para-hydroxylation sites is 1. The third kappa shape index (κ3) is 3.91. The van der Waals surface area contributed by atoms with Crippen LogP contribution in [0, 0.1) is 0 Å². The van der Waals surface area contributed by atoms with Gasteiger partial charge in [0, 0.05) is 37.0 Å². The van der Waals surface area contributed by atoms with Gasteiger partial charge >= 0.3 is 0 Å². The molecule has 2 heterocycles. The average Bonchev–Trinajstić information content (AvgIpc) is 3.14. The van der Waals surface area contributed by atoms with E-state index in [2.05, 4.69) is 4.98 Å². The van der Waals surface area contributed by atoms with Crippen molar-refractivity contribution in [3.8, 4) is 5.75 Å². The summed E-state index contributed by atoms with van der Waals surface area (Å²) in [5, 5.41) is 3.24. The number of nitrogens with zero attached hydrogens (tertiary/aromatic N) is 2. The minimum atomic E-state index is 0.244. The van der Waals surface area contributed by atoms with Crippen molar-refractivity contribution in [2.45, 2.75) is 31.6 Å². The van der Waals surface area contributed by atoms with E-state index in [0.29, 0.717) is 12.3 Å². The molecule has 0 radical (unpaired) electrons. The molecule has 5 heteroatoms. The maximum Gasteiger partial charge on any atom is 0.222 e. The molecule has 0 atom stereocenters. The summed E-state index contributed by atoms with van der Waals surface area (Å²) < 4.78 is 5.35. The number of rotatable bonds is 5. The SMILES string of the molecule is COc1ccccc1CCC(=O)N1CCC(c2nccs2)CC1. The van der Waals surface area contributed by atoms with E-state index in [0.717, 1.165) is 43.7 Å². The van der Waals surface area contributed by atoms with Crippen LogP contribution in [0.15, 0.2) is 35.8 Å². The summed E-state index contributed by atoms with van der Waals surface area (Å²) >= 11 is 1.72. The molecule has 1 amide bonds. The minimum Gasteiger partial charge on any atom is -0.496 e. The van der Waals surface area contributed by atoms with Gasteiger partial charge in [-0.2, -0.15) is 0 Å². The molecule has 1 aromatic carbocycles. The van der Waals surface area contributed by atoms with Crippen LogP contribution in [-0.4, -0.2) is 36.0 Å². The van der Waals surface area contributed by atoms with Gasteiger partial charge in [0.15, 0.2) is 0 Å². The molecule has 1 fully saturated rings. The number of amides is 1. The van der Waals surface area contributed by atoms with Crippen molar-refractivity contribution in [1.29, 1.82) is 0 Å². The molecule has 0 bridgehead atoms. The highest BCUT2D eigenvalue weighted by atomic mass is 32.1. The van der Waals surface area contributed by atoms with Crippen molar-refractivity contribution >= 4 is 17.2 Å². The van der Waals surface area contributed by atoms with Gasteiger partial charge in [-0.25, -0.2) is 4.98 Å². The monoisotopic (exact) mass is 330 g/mol. The predicted molar refractivity (Wildman–Crippen MR) is 92.0 cm³/mol. The van der Waals surface area contributed by atoms with Crippen molar-refractivity contribution in [1.82, 2.24) is 9.88 Å². The summed E-state index contributed by atoms with van der Waals surface area (Å²) in [6, 6.07) is 7.91. The number of hydrogen-bond donors (Lipinski definition) is 0. The number of aromatic nitrogens is 1. The van der Waals surface area contributed by atoms with Crippen molar-refractivity contribution in [2.75, 3.05) is 20.2 Å². The lowest BCUT2D eigenvalue weighted by atomic mass is 9.97. The van der Waals surface area contributed by atoms with Gasteiger partial charge in [-0.3, -0.25) is 4.79 Å². The lowest BCUT2D eigenvalue weighted by molar-refractivity contribution is -0.132. The quantitative estimate of drug-likeness (QED) is 0.843. The molecular weight excluding hydrogens is 308 g/mol. The highest BCUT2D eigenvalue weighted by Gasteiger charge is 2.24. The van der Waals surface area contributed by atoms with Crippen LogP contribution in [0.1, 0.15) is 35.8 Å². The fraction of sp³-hybridized carbons (Fsp3) is 0.444. The normalized spacial score (nSPS) is 15.6. The number of piperidine rings is 1. The summed E-state index contributed by atoms with van der Waals surface area (Å²) in [6.07, 6.45) is 5.18. The zero-order valence-electron chi connectivity index (χ0n) is 13.4. The number of benzene rings is 1. The zero-order valence-corrected chi connectivity index (χ0v) is 14.2. The zero-order chi connectivity index (χ0) is 16.1. The summed E-state index contributed by atoms with van der Waals surface area (Å²) in [4.78, 5) is 18.8. The van der Waals surface area contributed by atoms with E-state index in [1.54, 1.807) is 18.4 Å². The predicted octanol–water partition coefficient (Wildman–Crippen LogP) is 3.49. The Morgan fingerprint density at radius 3 is 2.83 bits per heavy atom. The lowest BCUT2D eigenvalue weighted by Gasteiger charge is -2.31. The first-order chi connectivity index (χ1) is 11.3. The Kier molecular flexibility index (Phi) is 5.28. The molecule has 1 aromatic heterocycles. The maximum absolute atomic E-state index is 12.4. The molecule has 0 unspecified atom stereocenters. The van der Waals surface area contributed by atoms with Crippen molar-refractivity contribution in [3.05, 3.63) is 46.4 Å². The number of hydrogen-bond acceptors (Lipinski definition) is 4. The highest BCUT2D eigenvalue weighted by molar-refractivity contribution is 7.09. The standard InChI is InChI=1S/C18H22N2O2S/c1-22-16-5-3-2-4-14(16)6-7-17(21)20-11-8-15(9-12-20)18-19-10-13-23-18/h2-5,10,13,15H,6-9,11-12H2,1H3. The molecule has 4 nitrogen and oxygen atoms in total. The van der Waals surface area contributed by atoms with Crippen LogP contribution in [0.25, 0.3) is 0 Å². The van der Waals surface area contributed by atoms with E-state index in [4.69, 9.17) is 4.74 Å². The Morgan fingerprint density at radius 1 is 1.35 bits per heavy atom. The highest BCUT2D eigenvalue weighted by Crippen LogP contribution is 2.29. The number of ether oxygens (including phenoxy) is 1. The molecule has 0 spiro atoms. The van der Waals surface area contributed by atoms with Crippen LogP contribution < -0.4 is 4.74 Å². The van der Waals surface area contributed by atoms with Crippen LogP contribution in [0.2, 0.25) is 0 Å². The van der Waals surface area contributed by atoms with Crippen molar-refractivity contribution < 1.29 is 9.53 Å². The Hall–Kier alpha value is -1.88. The van der Waals surface area contributed by atoms with E-state index in [9.17, 15) is 4.79 Å². The second kappa shape index (κ2) is 7.59. The first-order valence-electron chi connectivity index (χ1n) is 8.07. The minimum absolute atomic E-state index is 0.244. The topological polar surface area (TPSA) is 42.4 Å². The Labute approximate surface area is 141 Å². The third-order valence-electron chi connectivity index (χ3n) is 4.45. The molecule has 0 saturated carbocycles. The largest absolute Gasteiger partial charge is 0.496 e. The van der Waals surface area contributed by atoms with Gasteiger partial charge in [0.2, 0.25) is 5.91 Å². The summed E-state index contributed by atoms with van der Waals surface area (Å²) in [7, 11) is 1.67. The molecule has 0 aliphatic carbocycles. The Balaban J connectivity index is 1.50. The van der Waals surface area contributed by atoms with Crippen LogP contribution in [-0.2, 0) is 11.2 Å². The first-order valence-corrected chi connectivity index (χ1v) is 8.95. The number of likely N-dealkylation sites (tertiary alicyclic amines) is 1. The molecule has 1 saturated heterocycles. The summed E-state index contributed by atoms with van der Waals surface area (Å²) in [5.41, 5.74) is 1.10. The van der Waals surface area contributed by atoms with Gasteiger partial charge in [-0.15, -0.1) is 11.3 Å². The number of carbonyl (C=O) groups excluding carboxylic acids is 1. The third-order valence-corrected chi connectivity index (χ3v) is 5.39. The maximum atomic E-state index is 12.4. The number of methoxy groups -OCH3 is 1. The number of aryl methyl sites for hydroxylation is 1. The van der Waals surface area contributed by atoms with Crippen LogP contribution >= 0.6 is 11.3 Å². The fourth-order valence-electron chi connectivity index (χ4n) is 3.12. The van der Waals surface area contributed by atoms with Gasteiger partial charge in [-0.1, -0.05) is 18.2 Å². The second-order valence-corrected chi connectivity index (χ2v) is 6.76. The summed E-state index contributed by atoms with van der Waals surface area (Å²) in [5.74, 6) is 1.63. The molecule has 1 aliphatic rings. The Morgan fingerprint density at radius 2 is 2.13 bits per heavy atom. The molecule has 122 valence electrons. The smallest absolute Gasteiger partial charge is 0.222 e. The van der Waals surface area contributed by atoms with Gasteiger partial charge < -0.3 is 9.64 Å². The first kappa shape index (κ1) is 16.0. The molecular formula is C18H22N2O2S. The van der Waals surface area contributed by atoms with Crippen LogP contribution in [0.3, 0.4) is 0 Å². The summed E-state index contributed by atoms with van der Waals surface area (Å²) in [6.45, 7) is 1.68. The lowest BCUT2D eigenvalue weighted by Crippen LogP contribution is -2.38. The van der Waals surface area contributed by atoms with E-state index in [1.807, 2.05) is 40.7 Å². The van der Waals surface area contributed by atoms with E-state index < -0.39 is 0 Å². The van der Waals surface area contributed by atoms with Gasteiger partial charge in [0.1, 0.15) is 5.75 Å². The average molecular weight is 330 g/mol. The molecule has 0 N–H and O–H groups in total. The van der Waals surface area contributed by atoms with Gasteiger partial charge in [-0.05, 0) is 30.9 Å². The van der Waals surface area contributed by atoms with Crippen LogP contribution in [0.5, 0.6) is 5.75 Å². The van der Waals surface area contributed by atoms with Crippen molar-refractivity contribution in [3.63, 3.8) is 0 Å². The Bertz CT molecular complexity index is 634. The van der Waals surface area contributed by atoms with Gasteiger partial charge in [0.25, 0.3) is 0 Å². The van der Waals surface area contributed by atoms with Crippen LogP contribution in [0.4, 0.5) is 0 Å². The molecule has 2 aromatic rings. The molecule has 3 rings (SSSR count).